The van der Waals surface area contributed by atoms with Gasteiger partial charge in [-0.2, -0.15) is 0 Å². The third kappa shape index (κ3) is 1.95. The lowest BCUT2D eigenvalue weighted by Crippen LogP contribution is -2.29. The third-order valence-corrected chi connectivity index (χ3v) is 3.18. The van der Waals surface area contributed by atoms with Crippen LogP contribution < -0.4 is 4.90 Å². The van der Waals surface area contributed by atoms with Gasteiger partial charge in [0.15, 0.2) is 0 Å². The van der Waals surface area contributed by atoms with Crippen molar-refractivity contribution in [1.29, 1.82) is 0 Å². The number of nitro benzene ring substituents is 1. The molecule has 1 atom stereocenters. The minimum atomic E-state index is -0.996. The van der Waals surface area contributed by atoms with E-state index in [1.54, 1.807) is 19.9 Å². The van der Waals surface area contributed by atoms with Crippen LogP contribution in [0.2, 0.25) is 0 Å². The van der Waals surface area contributed by atoms with Gasteiger partial charge in [0.05, 0.1) is 10.6 Å². The summed E-state index contributed by atoms with van der Waals surface area (Å²) in [4.78, 5) is 23.6. The number of carbonyl (C=O) groups excluding carboxylic acids is 1. The summed E-state index contributed by atoms with van der Waals surface area (Å²) < 4.78 is 0. The normalized spacial score (nSPS) is 19.4. The van der Waals surface area contributed by atoms with E-state index in [0.29, 0.717) is 24.2 Å². The molecule has 0 radical (unpaired) electrons. The monoisotopic (exact) mass is 250 g/mol. The van der Waals surface area contributed by atoms with E-state index in [2.05, 4.69) is 0 Å². The molecule has 0 bridgehead atoms. The Morgan fingerprint density at radius 3 is 2.56 bits per heavy atom. The minimum absolute atomic E-state index is 0.00945. The first kappa shape index (κ1) is 12.5. The minimum Gasteiger partial charge on any atom is -0.383 e. The SMILES string of the molecule is Cc1cc(C)c([N+](=O)[O-])cc1N1CCC(O)C1=O. The van der Waals surface area contributed by atoms with E-state index in [1.165, 1.54) is 11.0 Å². The summed E-state index contributed by atoms with van der Waals surface area (Å²) in [5, 5.41) is 20.3. The molecule has 0 aliphatic carbocycles. The summed E-state index contributed by atoms with van der Waals surface area (Å²) in [6.45, 7) is 3.85. The van der Waals surface area contributed by atoms with Crippen LogP contribution in [0.4, 0.5) is 11.4 Å². The smallest absolute Gasteiger partial charge is 0.274 e. The van der Waals surface area contributed by atoms with E-state index < -0.39 is 16.9 Å². The van der Waals surface area contributed by atoms with E-state index in [9.17, 15) is 20.0 Å². The average Bonchev–Trinajstić information content (AvgIpc) is 2.60. The fourth-order valence-corrected chi connectivity index (χ4v) is 2.22. The van der Waals surface area contributed by atoms with E-state index in [-0.39, 0.29) is 5.69 Å². The van der Waals surface area contributed by atoms with Crippen molar-refractivity contribution in [3.05, 3.63) is 33.4 Å². The van der Waals surface area contributed by atoms with Crippen molar-refractivity contribution in [2.45, 2.75) is 26.4 Å². The molecule has 0 saturated carbocycles. The lowest BCUT2D eigenvalue weighted by Gasteiger charge is -2.18. The van der Waals surface area contributed by atoms with Gasteiger partial charge in [0.1, 0.15) is 6.10 Å². The maximum Gasteiger partial charge on any atom is 0.274 e. The molecule has 6 nitrogen and oxygen atoms in total. The summed E-state index contributed by atoms with van der Waals surface area (Å²) in [5.74, 6) is -0.392. The number of hydrogen-bond donors (Lipinski definition) is 1. The molecule has 1 aromatic carbocycles. The molecule has 1 saturated heterocycles. The summed E-state index contributed by atoms with van der Waals surface area (Å²) >= 11 is 0. The van der Waals surface area contributed by atoms with Crippen molar-refractivity contribution in [3.63, 3.8) is 0 Å². The van der Waals surface area contributed by atoms with Crippen LogP contribution in [0.1, 0.15) is 17.5 Å². The summed E-state index contributed by atoms with van der Waals surface area (Å²) in [5.41, 5.74) is 1.85. The first-order chi connectivity index (χ1) is 8.41. The Morgan fingerprint density at radius 2 is 2.06 bits per heavy atom. The van der Waals surface area contributed by atoms with E-state index in [4.69, 9.17) is 0 Å². The molecule has 0 aromatic heterocycles. The predicted molar refractivity (Wildman–Crippen MR) is 65.5 cm³/mol. The molecule has 0 spiro atoms. The predicted octanol–water partition coefficient (Wildman–Crippen LogP) is 1.31. The highest BCUT2D eigenvalue weighted by Gasteiger charge is 2.32. The molecule has 1 N–H and O–H groups in total. The van der Waals surface area contributed by atoms with Gasteiger partial charge >= 0.3 is 0 Å². The van der Waals surface area contributed by atoms with Crippen LogP contribution in [0, 0.1) is 24.0 Å². The zero-order valence-corrected chi connectivity index (χ0v) is 10.2. The topological polar surface area (TPSA) is 83.7 Å². The van der Waals surface area contributed by atoms with Crippen LogP contribution in [-0.4, -0.2) is 28.6 Å². The number of aliphatic hydroxyl groups excluding tert-OH is 1. The number of amides is 1. The number of hydrogen-bond acceptors (Lipinski definition) is 4. The second kappa shape index (κ2) is 4.38. The van der Waals surface area contributed by atoms with Gasteiger partial charge in [-0.05, 0) is 25.5 Å². The largest absolute Gasteiger partial charge is 0.383 e. The van der Waals surface area contributed by atoms with Crippen LogP contribution in [0.5, 0.6) is 0 Å². The van der Waals surface area contributed by atoms with Crippen LogP contribution >= 0.6 is 0 Å². The quantitative estimate of drug-likeness (QED) is 0.633. The van der Waals surface area contributed by atoms with Crippen molar-refractivity contribution < 1.29 is 14.8 Å². The lowest BCUT2D eigenvalue weighted by atomic mass is 10.1. The highest BCUT2D eigenvalue weighted by atomic mass is 16.6. The summed E-state index contributed by atoms with van der Waals surface area (Å²) in [6.07, 6.45) is -0.635. The highest BCUT2D eigenvalue weighted by Crippen LogP contribution is 2.31. The first-order valence-corrected chi connectivity index (χ1v) is 5.67. The van der Waals surface area contributed by atoms with Crippen molar-refractivity contribution in [1.82, 2.24) is 0 Å². The van der Waals surface area contributed by atoms with Crippen molar-refractivity contribution >= 4 is 17.3 Å². The fourth-order valence-electron chi connectivity index (χ4n) is 2.22. The second-order valence-electron chi connectivity index (χ2n) is 4.48. The van der Waals surface area contributed by atoms with Gasteiger partial charge < -0.3 is 10.0 Å². The Balaban J connectivity index is 2.48. The molecule has 1 aromatic rings. The standard InChI is InChI=1S/C12H14N2O4/c1-7-5-8(2)10(14(17)18)6-9(7)13-4-3-11(15)12(13)16/h5-6,11,15H,3-4H2,1-2H3. The number of nitro groups is 1. The molecule has 6 heteroatoms. The van der Waals surface area contributed by atoms with E-state index >= 15 is 0 Å². The number of benzene rings is 1. The molecule has 18 heavy (non-hydrogen) atoms. The van der Waals surface area contributed by atoms with Gasteiger partial charge in [0, 0.05) is 24.6 Å². The van der Waals surface area contributed by atoms with Crippen molar-refractivity contribution in [2.75, 3.05) is 11.4 Å². The van der Waals surface area contributed by atoms with Gasteiger partial charge in [0.2, 0.25) is 0 Å². The molecule has 1 unspecified atom stereocenters. The van der Waals surface area contributed by atoms with Crippen LogP contribution in [0.3, 0.4) is 0 Å². The van der Waals surface area contributed by atoms with Gasteiger partial charge in [-0.1, -0.05) is 0 Å². The Bertz CT molecular complexity index is 527. The maximum atomic E-state index is 11.7. The number of carbonyl (C=O) groups is 1. The Morgan fingerprint density at radius 1 is 1.39 bits per heavy atom. The molecular formula is C12H14N2O4. The van der Waals surface area contributed by atoms with Gasteiger partial charge in [-0.25, -0.2) is 0 Å². The van der Waals surface area contributed by atoms with Crippen LogP contribution in [0.25, 0.3) is 0 Å². The molecular weight excluding hydrogens is 236 g/mol. The molecule has 1 aliphatic heterocycles. The average molecular weight is 250 g/mol. The molecule has 1 fully saturated rings. The van der Waals surface area contributed by atoms with Crippen molar-refractivity contribution in [2.24, 2.45) is 0 Å². The third-order valence-electron chi connectivity index (χ3n) is 3.18. The van der Waals surface area contributed by atoms with Crippen LogP contribution in [-0.2, 0) is 4.79 Å². The molecule has 1 aliphatic rings. The summed E-state index contributed by atoms with van der Waals surface area (Å²) in [6, 6.07) is 3.09. The molecule has 1 amide bonds. The zero-order chi connectivity index (χ0) is 13.4. The first-order valence-electron chi connectivity index (χ1n) is 5.67. The molecule has 1 heterocycles. The number of rotatable bonds is 2. The molecule has 96 valence electrons. The van der Waals surface area contributed by atoms with E-state index in [0.717, 1.165) is 5.56 Å². The van der Waals surface area contributed by atoms with Crippen LogP contribution in [0.15, 0.2) is 12.1 Å². The Kier molecular flexibility index (Phi) is 3.04. The number of aryl methyl sites for hydroxylation is 2. The number of aliphatic hydroxyl groups is 1. The zero-order valence-electron chi connectivity index (χ0n) is 10.2. The second-order valence-corrected chi connectivity index (χ2v) is 4.48. The van der Waals surface area contributed by atoms with Gasteiger partial charge in [0.25, 0.3) is 11.6 Å². The fraction of sp³-hybridized carbons (Fsp3) is 0.417. The number of anilines is 1. The van der Waals surface area contributed by atoms with Gasteiger partial charge in [-0.3, -0.25) is 14.9 Å². The number of nitrogens with zero attached hydrogens (tertiary/aromatic N) is 2. The summed E-state index contributed by atoms with van der Waals surface area (Å²) in [7, 11) is 0. The molecule has 2 rings (SSSR count). The Labute approximate surface area is 104 Å². The highest BCUT2D eigenvalue weighted by molar-refractivity contribution is 5.99. The van der Waals surface area contributed by atoms with Gasteiger partial charge in [-0.15, -0.1) is 0 Å². The van der Waals surface area contributed by atoms with E-state index in [1.807, 2.05) is 0 Å². The van der Waals surface area contributed by atoms with Crippen molar-refractivity contribution in [3.8, 4) is 0 Å². The lowest BCUT2D eigenvalue weighted by molar-refractivity contribution is -0.385. The maximum absolute atomic E-state index is 11.7. The Hall–Kier alpha value is -1.95.